The van der Waals surface area contributed by atoms with E-state index in [0.717, 1.165) is 13.0 Å². The Hall–Kier alpha value is -0.670. The van der Waals surface area contributed by atoms with Gasteiger partial charge < -0.3 is 0 Å². The van der Waals surface area contributed by atoms with Crippen molar-refractivity contribution >= 4 is 5.78 Å². The van der Waals surface area contributed by atoms with Crippen LogP contribution in [0.2, 0.25) is 0 Å². The maximum Gasteiger partial charge on any atom is 0.155 e. The number of carbonyl (C=O) groups excluding carboxylic acids is 1. The fraction of sp³-hybridized carbons (Fsp3) is 0.625. The molecule has 2 aliphatic rings. The van der Waals surface area contributed by atoms with Gasteiger partial charge in [-0.1, -0.05) is 0 Å². The maximum atomic E-state index is 11.0. The summed E-state index contributed by atoms with van der Waals surface area (Å²) in [6.45, 7) is 0.899. The largest absolute Gasteiger partial charge is 0.295 e. The molecule has 0 aromatic carbocycles. The molecule has 1 aliphatic carbocycles. The quantitative estimate of drug-likeness (QED) is 0.534. The van der Waals surface area contributed by atoms with Gasteiger partial charge in [0.15, 0.2) is 5.78 Å². The van der Waals surface area contributed by atoms with Crippen molar-refractivity contribution in [2.75, 3.05) is 13.6 Å². The van der Waals surface area contributed by atoms with Gasteiger partial charge in [-0.05, 0) is 18.1 Å². The van der Waals surface area contributed by atoms with Gasteiger partial charge in [0.05, 0.1) is 0 Å². The van der Waals surface area contributed by atoms with Crippen LogP contribution in [0, 0.1) is 0 Å². The molecule has 3 heteroatoms. The molecule has 0 aromatic rings. The van der Waals surface area contributed by atoms with Gasteiger partial charge in [-0.25, -0.2) is 10.4 Å². The van der Waals surface area contributed by atoms with E-state index in [0.29, 0.717) is 12.5 Å². The average Bonchev–Trinajstić information content (AvgIpc) is 2.27. The van der Waals surface area contributed by atoms with Crippen molar-refractivity contribution in [1.29, 1.82) is 0 Å². The van der Waals surface area contributed by atoms with Gasteiger partial charge in [-0.3, -0.25) is 4.79 Å². The first kappa shape index (κ1) is 7.00. The molecule has 0 radical (unpaired) electrons. The summed E-state index contributed by atoms with van der Waals surface area (Å²) in [5.41, 5.74) is 4.54. The number of hydrogen-bond donors (Lipinski definition) is 1. The number of ketones is 1. The predicted molar refractivity (Wildman–Crippen MR) is 41.9 cm³/mol. The third-order valence-electron chi connectivity index (χ3n) is 2.27. The standard InChI is InChI=1S/C8H12N2O/c1-10-5-6-4-7(11)2-3-8(6)9-10/h4,8-9H,2-3,5H2,1H3. The van der Waals surface area contributed by atoms with Gasteiger partial charge in [0.2, 0.25) is 0 Å². The van der Waals surface area contributed by atoms with Crippen LogP contribution in [0.4, 0.5) is 0 Å². The Kier molecular flexibility index (Phi) is 1.55. The zero-order chi connectivity index (χ0) is 7.84. The Morgan fingerprint density at radius 3 is 3.36 bits per heavy atom. The van der Waals surface area contributed by atoms with Gasteiger partial charge in [0, 0.05) is 26.1 Å². The third-order valence-corrected chi connectivity index (χ3v) is 2.27. The number of hydrazine groups is 1. The second kappa shape index (κ2) is 2.43. The third kappa shape index (κ3) is 1.21. The number of allylic oxidation sites excluding steroid dienone is 1. The lowest BCUT2D eigenvalue weighted by atomic mass is 9.95. The molecular weight excluding hydrogens is 140 g/mol. The monoisotopic (exact) mass is 152 g/mol. The highest BCUT2D eigenvalue weighted by Gasteiger charge is 2.27. The number of likely N-dealkylation sites (N-methyl/N-ethyl adjacent to an activating group) is 1. The summed E-state index contributed by atoms with van der Waals surface area (Å²) in [6.07, 6.45) is 3.47. The normalized spacial score (nSPS) is 31.9. The highest BCUT2D eigenvalue weighted by Crippen LogP contribution is 2.21. The lowest BCUT2D eigenvalue weighted by Gasteiger charge is -2.15. The molecule has 60 valence electrons. The van der Waals surface area contributed by atoms with Gasteiger partial charge >= 0.3 is 0 Å². The molecule has 3 nitrogen and oxygen atoms in total. The van der Waals surface area contributed by atoms with Crippen LogP contribution in [0.15, 0.2) is 11.6 Å². The van der Waals surface area contributed by atoms with Crippen LogP contribution >= 0.6 is 0 Å². The molecule has 11 heavy (non-hydrogen) atoms. The second-order valence-corrected chi connectivity index (χ2v) is 3.26. The van der Waals surface area contributed by atoms with Gasteiger partial charge in [0.1, 0.15) is 0 Å². The lowest BCUT2D eigenvalue weighted by molar-refractivity contribution is -0.115. The van der Waals surface area contributed by atoms with E-state index in [4.69, 9.17) is 0 Å². The fourth-order valence-corrected chi connectivity index (χ4v) is 1.74. The Labute approximate surface area is 66.0 Å². The maximum absolute atomic E-state index is 11.0. The smallest absolute Gasteiger partial charge is 0.155 e. The molecule has 1 atom stereocenters. The van der Waals surface area contributed by atoms with Crippen molar-refractivity contribution in [3.63, 3.8) is 0 Å². The van der Waals surface area contributed by atoms with Gasteiger partial charge in [-0.15, -0.1) is 0 Å². The fourth-order valence-electron chi connectivity index (χ4n) is 1.74. The molecule has 1 fully saturated rings. The highest BCUT2D eigenvalue weighted by atomic mass is 16.1. The van der Waals surface area contributed by atoms with E-state index in [2.05, 4.69) is 5.43 Å². The molecule has 0 aromatic heterocycles. The topological polar surface area (TPSA) is 32.3 Å². The van der Waals surface area contributed by atoms with E-state index in [9.17, 15) is 4.79 Å². The van der Waals surface area contributed by atoms with Crippen LogP contribution in [0.3, 0.4) is 0 Å². The first-order chi connectivity index (χ1) is 5.25. The molecule has 1 saturated heterocycles. The summed E-state index contributed by atoms with van der Waals surface area (Å²) >= 11 is 0. The molecule has 0 amide bonds. The number of carbonyl (C=O) groups is 1. The molecule has 0 bridgehead atoms. The lowest BCUT2D eigenvalue weighted by Crippen LogP contribution is -2.33. The first-order valence-corrected chi connectivity index (χ1v) is 3.96. The number of fused-ring (bicyclic) bond motifs is 1. The number of nitrogens with zero attached hydrogens (tertiary/aromatic N) is 1. The number of nitrogens with one attached hydrogen (secondary N) is 1. The van der Waals surface area contributed by atoms with Crippen LogP contribution in [-0.4, -0.2) is 30.4 Å². The molecule has 2 rings (SSSR count). The van der Waals surface area contributed by atoms with Crippen LogP contribution in [0.1, 0.15) is 12.8 Å². The van der Waals surface area contributed by atoms with E-state index in [1.807, 2.05) is 12.1 Å². The molecule has 1 unspecified atom stereocenters. The van der Waals surface area contributed by atoms with Crippen molar-refractivity contribution < 1.29 is 4.79 Å². The van der Waals surface area contributed by atoms with E-state index in [-0.39, 0.29) is 5.78 Å². The molecule has 0 saturated carbocycles. The Balaban J connectivity index is 2.20. The summed E-state index contributed by atoms with van der Waals surface area (Å²) in [6, 6.07) is 0.442. The number of rotatable bonds is 0. The molecule has 1 aliphatic heterocycles. The summed E-state index contributed by atoms with van der Waals surface area (Å²) in [5, 5.41) is 2.04. The minimum atomic E-state index is 0.286. The van der Waals surface area contributed by atoms with Crippen molar-refractivity contribution in [1.82, 2.24) is 10.4 Å². The van der Waals surface area contributed by atoms with E-state index >= 15 is 0 Å². The summed E-state index contributed by atoms with van der Waals surface area (Å²) < 4.78 is 0. The van der Waals surface area contributed by atoms with Crippen molar-refractivity contribution in [2.24, 2.45) is 0 Å². The molecule has 1 N–H and O–H groups in total. The number of hydrogen-bond acceptors (Lipinski definition) is 3. The molecule has 1 heterocycles. The SMILES string of the molecule is CN1CC2=CC(=O)CCC2N1. The highest BCUT2D eigenvalue weighted by molar-refractivity contribution is 5.91. The van der Waals surface area contributed by atoms with E-state index < -0.39 is 0 Å². The van der Waals surface area contributed by atoms with Gasteiger partial charge in [0.25, 0.3) is 0 Å². The van der Waals surface area contributed by atoms with Crippen LogP contribution in [0.25, 0.3) is 0 Å². The second-order valence-electron chi connectivity index (χ2n) is 3.26. The minimum absolute atomic E-state index is 0.286. The summed E-state index contributed by atoms with van der Waals surface area (Å²) in [4.78, 5) is 11.0. The van der Waals surface area contributed by atoms with Crippen molar-refractivity contribution in [2.45, 2.75) is 18.9 Å². The van der Waals surface area contributed by atoms with Crippen molar-refractivity contribution in [3.8, 4) is 0 Å². The van der Waals surface area contributed by atoms with E-state index in [1.165, 1.54) is 5.57 Å². The van der Waals surface area contributed by atoms with Crippen LogP contribution in [0.5, 0.6) is 0 Å². The zero-order valence-corrected chi connectivity index (χ0v) is 6.63. The predicted octanol–water partition coefficient (Wildman–Crippen LogP) is 0.0943. The summed E-state index contributed by atoms with van der Waals surface area (Å²) in [7, 11) is 2.00. The Morgan fingerprint density at radius 1 is 1.73 bits per heavy atom. The van der Waals surface area contributed by atoms with Crippen LogP contribution in [-0.2, 0) is 4.79 Å². The zero-order valence-electron chi connectivity index (χ0n) is 6.63. The van der Waals surface area contributed by atoms with Crippen molar-refractivity contribution in [3.05, 3.63) is 11.6 Å². The Bertz CT molecular complexity index is 222. The average molecular weight is 152 g/mol. The summed E-state index contributed by atoms with van der Waals surface area (Å²) in [5.74, 6) is 0.286. The Morgan fingerprint density at radius 2 is 2.55 bits per heavy atom. The van der Waals surface area contributed by atoms with Crippen LogP contribution < -0.4 is 5.43 Å². The molecule has 0 spiro atoms. The minimum Gasteiger partial charge on any atom is -0.295 e. The van der Waals surface area contributed by atoms with E-state index in [1.54, 1.807) is 6.08 Å². The molecular formula is C8H12N2O. The first-order valence-electron chi connectivity index (χ1n) is 3.96. The van der Waals surface area contributed by atoms with Gasteiger partial charge in [-0.2, -0.15) is 0 Å².